The van der Waals surface area contributed by atoms with Gasteiger partial charge in [-0.05, 0) is 56.0 Å². The molecule has 2 aromatic heterocycles. The molecule has 0 aliphatic carbocycles. The van der Waals surface area contributed by atoms with E-state index in [1.54, 1.807) is 0 Å². The molecule has 1 N–H and O–H groups in total. The largest absolute Gasteiger partial charge is 0.341 e. The van der Waals surface area contributed by atoms with Gasteiger partial charge in [-0.2, -0.15) is 10.3 Å². The van der Waals surface area contributed by atoms with Crippen LogP contribution in [0.5, 0.6) is 0 Å². The van der Waals surface area contributed by atoms with Gasteiger partial charge >= 0.3 is 0 Å². The molecule has 9 heteroatoms. The zero-order chi connectivity index (χ0) is 27.1. The van der Waals surface area contributed by atoms with Crippen molar-refractivity contribution in [1.29, 1.82) is 0 Å². The molecule has 0 radical (unpaired) electrons. The summed E-state index contributed by atoms with van der Waals surface area (Å²) in [4.78, 5) is 5.01. The summed E-state index contributed by atoms with van der Waals surface area (Å²) in [6.07, 6.45) is 3.33. The van der Waals surface area contributed by atoms with Crippen molar-refractivity contribution in [1.82, 2.24) is 35.4 Å². The third kappa shape index (κ3) is 6.34. The molecule has 38 heavy (non-hydrogen) atoms. The lowest BCUT2D eigenvalue weighted by Crippen LogP contribution is -2.38. The number of benzene rings is 2. The van der Waals surface area contributed by atoms with Crippen LogP contribution >= 0.6 is 0 Å². The van der Waals surface area contributed by atoms with Crippen molar-refractivity contribution in [3.8, 4) is 22.5 Å². The molecule has 0 atom stereocenters. The number of nitrogens with one attached hydrogen (secondary N) is 1. The number of nitrogens with zero attached hydrogens (tertiary/aromatic N) is 6. The van der Waals surface area contributed by atoms with Gasteiger partial charge in [-0.3, -0.25) is 0 Å². The lowest BCUT2D eigenvalue weighted by Gasteiger charge is -2.33. The monoisotopic (exact) mass is 517 g/mol. The Morgan fingerprint density at radius 3 is 2.18 bits per heavy atom. The maximum atomic E-state index is 6.34. The van der Waals surface area contributed by atoms with Crippen LogP contribution in [-0.2, 0) is 28.2 Å². The lowest BCUT2D eigenvalue weighted by atomic mass is 9.98. The van der Waals surface area contributed by atoms with E-state index in [0.717, 1.165) is 47.5 Å². The number of hydrogen-bond acceptors (Lipinski definition) is 7. The number of aromatic nitrogens is 7. The third-order valence-electron chi connectivity index (χ3n) is 6.27. The number of aryl methyl sites for hydroxylation is 1. The number of rotatable bonds is 13. The zero-order valence-electron chi connectivity index (χ0n) is 23.3. The van der Waals surface area contributed by atoms with Gasteiger partial charge in [-0.15, -0.1) is 10.2 Å². The van der Waals surface area contributed by atoms with E-state index in [1.807, 2.05) is 50.6 Å². The summed E-state index contributed by atoms with van der Waals surface area (Å²) in [6, 6.07) is 16.6. The summed E-state index contributed by atoms with van der Waals surface area (Å²) >= 11 is 0. The molecule has 0 aliphatic heterocycles. The van der Waals surface area contributed by atoms with Crippen LogP contribution in [0.3, 0.4) is 0 Å². The third-order valence-corrected chi connectivity index (χ3v) is 6.27. The molecule has 0 saturated heterocycles. The predicted molar refractivity (Wildman–Crippen MR) is 147 cm³/mol. The molecule has 0 amide bonds. The Bertz CT molecular complexity index is 1270. The van der Waals surface area contributed by atoms with E-state index in [9.17, 15) is 0 Å². The molecule has 2 aromatic carbocycles. The Balaban J connectivity index is 1.64. The van der Waals surface area contributed by atoms with Crippen molar-refractivity contribution < 1.29 is 9.47 Å². The van der Waals surface area contributed by atoms with Crippen LogP contribution in [0.15, 0.2) is 48.5 Å². The van der Waals surface area contributed by atoms with Gasteiger partial charge in [0.05, 0.1) is 12.2 Å². The highest BCUT2D eigenvalue weighted by Crippen LogP contribution is 2.33. The average molecular weight is 518 g/mol. The first kappa shape index (κ1) is 27.6. The number of H-pyrrole nitrogens is 1. The zero-order valence-corrected chi connectivity index (χ0v) is 23.3. The van der Waals surface area contributed by atoms with E-state index in [-0.39, 0.29) is 12.2 Å². The fourth-order valence-corrected chi connectivity index (χ4v) is 4.56. The van der Waals surface area contributed by atoms with Gasteiger partial charge in [0.1, 0.15) is 5.82 Å². The van der Waals surface area contributed by atoms with Gasteiger partial charge in [0.15, 0.2) is 0 Å². The molecule has 0 spiro atoms. The van der Waals surface area contributed by atoms with E-state index < -0.39 is 5.79 Å². The van der Waals surface area contributed by atoms with Crippen molar-refractivity contribution in [3.63, 3.8) is 0 Å². The van der Waals surface area contributed by atoms with E-state index in [1.165, 1.54) is 0 Å². The van der Waals surface area contributed by atoms with Crippen LogP contribution in [0.4, 0.5) is 0 Å². The second-order valence-electron chi connectivity index (χ2n) is 10.0. The summed E-state index contributed by atoms with van der Waals surface area (Å²) in [6.45, 7) is 13.1. The molecule has 0 saturated carbocycles. The van der Waals surface area contributed by atoms with Crippen LogP contribution in [0.2, 0.25) is 0 Å². The fourth-order valence-electron chi connectivity index (χ4n) is 4.56. The van der Waals surface area contributed by atoms with Crippen LogP contribution < -0.4 is 0 Å². The maximum Gasteiger partial charge on any atom is 0.232 e. The van der Waals surface area contributed by atoms with Gasteiger partial charge in [-0.1, -0.05) is 68.8 Å². The fraction of sp³-hybridized carbons (Fsp3) is 0.483. The Kier molecular flexibility index (Phi) is 9.01. The predicted octanol–water partition coefficient (Wildman–Crippen LogP) is 5.93. The van der Waals surface area contributed by atoms with E-state index in [4.69, 9.17) is 19.6 Å². The minimum absolute atomic E-state index is 0.0254. The molecular weight excluding hydrogens is 478 g/mol. The molecule has 2 heterocycles. The number of unbranched alkanes of at least 4 members (excludes halogenated alkanes) is 1. The number of ether oxygens (including phenoxy) is 2. The highest BCUT2D eigenvalue weighted by Gasteiger charge is 2.39. The molecule has 0 fully saturated rings. The van der Waals surface area contributed by atoms with Crippen LogP contribution in [0.1, 0.15) is 78.0 Å². The summed E-state index contributed by atoms with van der Waals surface area (Å²) in [7, 11) is 0. The minimum Gasteiger partial charge on any atom is -0.341 e. The van der Waals surface area contributed by atoms with E-state index >= 15 is 0 Å². The molecular formula is C29H39N7O2. The van der Waals surface area contributed by atoms with Gasteiger partial charge in [0.2, 0.25) is 17.4 Å². The first-order valence-corrected chi connectivity index (χ1v) is 13.6. The summed E-state index contributed by atoms with van der Waals surface area (Å²) in [5.74, 6) is 1.11. The van der Waals surface area contributed by atoms with Crippen LogP contribution in [-0.4, -0.2) is 47.6 Å². The van der Waals surface area contributed by atoms with Crippen LogP contribution in [0.25, 0.3) is 22.5 Å². The Hall–Kier alpha value is -3.43. The molecule has 202 valence electrons. The van der Waals surface area contributed by atoms with Gasteiger partial charge in [-0.25, -0.2) is 9.67 Å². The standard InChI is InChI=1S/C29H39N7O2/c1-7-9-18-36-26(30-28(33-36)29(8-2,37-20(3)4)38-21(5)6)19-22-14-16-23(17-15-22)24-12-10-11-13-25(24)27-31-34-35-32-27/h10-17,20-21H,7-9,18-19H2,1-6H3,(H,31,32,34,35). The smallest absolute Gasteiger partial charge is 0.232 e. The highest BCUT2D eigenvalue weighted by atomic mass is 16.7. The van der Waals surface area contributed by atoms with Crippen molar-refractivity contribution in [2.75, 3.05) is 0 Å². The SMILES string of the molecule is CCCCn1nc(C(CC)(OC(C)C)OC(C)C)nc1Cc1ccc(-c2ccccc2-c2nn[nH]n2)cc1. The van der Waals surface area contributed by atoms with Crippen molar-refractivity contribution in [3.05, 3.63) is 65.7 Å². The average Bonchev–Trinajstić information content (AvgIpc) is 3.58. The minimum atomic E-state index is -0.975. The highest BCUT2D eigenvalue weighted by molar-refractivity contribution is 5.80. The normalized spacial score (nSPS) is 12.1. The summed E-state index contributed by atoms with van der Waals surface area (Å²) in [5, 5.41) is 19.5. The Morgan fingerprint density at radius 2 is 1.61 bits per heavy atom. The van der Waals surface area contributed by atoms with Crippen LogP contribution in [0, 0.1) is 0 Å². The quantitative estimate of drug-likeness (QED) is 0.219. The summed E-state index contributed by atoms with van der Waals surface area (Å²) in [5.41, 5.74) is 4.23. The second kappa shape index (κ2) is 12.4. The first-order chi connectivity index (χ1) is 18.3. The lowest BCUT2D eigenvalue weighted by molar-refractivity contribution is -0.284. The van der Waals surface area contributed by atoms with Gasteiger partial charge in [0.25, 0.3) is 0 Å². The molecule has 9 nitrogen and oxygen atoms in total. The molecule has 0 unspecified atom stereocenters. The topological polar surface area (TPSA) is 104 Å². The Morgan fingerprint density at radius 1 is 0.921 bits per heavy atom. The maximum absolute atomic E-state index is 6.34. The molecule has 0 aliphatic rings. The van der Waals surface area contributed by atoms with Crippen molar-refractivity contribution in [2.45, 2.75) is 91.8 Å². The number of tetrazole rings is 1. The van der Waals surface area contributed by atoms with Crippen molar-refractivity contribution in [2.24, 2.45) is 0 Å². The Labute approximate surface area is 225 Å². The van der Waals surface area contributed by atoms with Gasteiger partial charge < -0.3 is 9.47 Å². The summed E-state index contributed by atoms with van der Waals surface area (Å²) < 4.78 is 14.7. The number of aromatic amines is 1. The van der Waals surface area contributed by atoms with E-state index in [0.29, 0.717) is 24.5 Å². The van der Waals surface area contributed by atoms with Crippen molar-refractivity contribution >= 4 is 0 Å². The van der Waals surface area contributed by atoms with Gasteiger partial charge in [0, 0.05) is 24.9 Å². The van der Waals surface area contributed by atoms with E-state index in [2.05, 4.69) is 64.8 Å². The molecule has 4 rings (SSSR count). The number of hydrogen-bond donors (Lipinski definition) is 1. The molecule has 0 bridgehead atoms. The first-order valence-electron chi connectivity index (χ1n) is 13.6. The second-order valence-corrected chi connectivity index (χ2v) is 10.0. The molecule has 4 aromatic rings.